The minimum absolute atomic E-state index is 0.0290. The molecule has 1 aromatic heterocycles. The highest BCUT2D eigenvalue weighted by atomic mass is 19.2. The first-order valence-corrected chi connectivity index (χ1v) is 8.98. The molecule has 9 heteroatoms. The van der Waals surface area contributed by atoms with Crippen LogP contribution in [0.25, 0.3) is 0 Å². The molecule has 0 aliphatic carbocycles. The molecule has 1 amide bonds. The largest absolute Gasteiger partial charge is 0.364 e. The normalized spacial score (nSPS) is 11.4. The number of carbonyl (C=O) groups excluding carboxylic acids is 1. The Morgan fingerprint density at radius 3 is 2.60 bits per heavy atom. The van der Waals surface area contributed by atoms with Crippen molar-refractivity contribution < 1.29 is 13.6 Å². The Labute approximate surface area is 173 Å². The third-order valence-electron chi connectivity index (χ3n) is 4.33. The van der Waals surface area contributed by atoms with Gasteiger partial charge in [-0.05, 0) is 30.2 Å². The fraction of sp³-hybridized carbons (Fsp3) is 0.143. The number of nitrogens with zero attached hydrogens (tertiary/aromatic N) is 3. The Morgan fingerprint density at radius 1 is 1.20 bits per heavy atom. The SMILES string of the molecule is [B]c1ccc(CNc2ncc(C#N)nc2C(=O)NC(C)c2ccc(F)c(F)c2)cc1. The van der Waals surface area contributed by atoms with Crippen molar-refractivity contribution in [1.29, 1.82) is 5.26 Å². The number of hydrogen-bond acceptors (Lipinski definition) is 5. The minimum Gasteiger partial charge on any atom is -0.364 e. The molecule has 1 unspecified atom stereocenters. The summed E-state index contributed by atoms with van der Waals surface area (Å²) < 4.78 is 26.6. The number of nitriles is 1. The Balaban J connectivity index is 1.80. The summed E-state index contributed by atoms with van der Waals surface area (Å²) in [6, 6.07) is 11.7. The van der Waals surface area contributed by atoms with E-state index in [1.54, 1.807) is 19.1 Å². The second-order valence-electron chi connectivity index (χ2n) is 6.53. The topological polar surface area (TPSA) is 90.7 Å². The fourth-order valence-electron chi connectivity index (χ4n) is 2.68. The first-order chi connectivity index (χ1) is 14.4. The number of amides is 1. The van der Waals surface area contributed by atoms with Crippen LogP contribution < -0.4 is 16.1 Å². The maximum absolute atomic E-state index is 13.5. The maximum Gasteiger partial charge on any atom is 0.274 e. The second-order valence-corrected chi connectivity index (χ2v) is 6.53. The molecule has 2 N–H and O–H groups in total. The average Bonchev–Trinajstić information content (AvgIpc) is 2.75. The molecule has 0 spiro atoms. The van der Waals surface area contributed by atoms with Crippen LogP contribution in [0.5, 0.6) is 0 Å². The summed E-state index contributed by atoms with van der Waals surface area (Å²) in [6.45, 7) is 1.97. The Hall–Kier alpha value is -3.80. The van der Waals surface area contributed by atoms with Crippen LogP contribution >= 0.6 is 0 Å². The third-order valence-corrected chi connectivity index (χ3v) is 4.33. The van der Waals surface area contributed by atoms with Gasteiger partial charge in [0.2, 0.25) is 0 Å². The fourth-order valence-corrected chi connectivity index (χ4v) is 2.68. The zero-order chi connectivity index (χ0) is 21.7. The van der Waals surface area contributed by atoms with E-state index in [4.69, 9.17) is 13.1 Å². The lowest BCUT2D eigenvalue weighted by Gasteiger charge is -2.16. The molecule has 0 saturated carbocycles. The van der Waals surface area contributed by atoms with Crippen LogP contribution in [0.1, 0.15) is 40.3 Å². The molecular weight excluding hydrogens is 387 g/mol. The molecule has 0 aliphatic heterocycles. The van der Waals surface area contributed by atoms with E-state index >= 15 is 0 Å². The number of hydrogen-bond donors (Lipinski definition) is 2. The lowest BCUT2D eigenvalue weighted by molar-refractivity contribution is 0.0935. The van der Waals surface area contributed by atoms with Gasteiger partial charge in [-0.3, -0.25) is 4.79 Å². The zero-order valence-corrected chi connectivity index (χ0v) is 16.0. The molecule has 0 bridgehead atoms. The summed E-state index contributed by atoms with van der Waals surface area (Å²) >= 11 is 0. The van der Waals surface area contributed by atoms with Gasteiger partial charge in [0, 0.05) is 6.54 Å². The van der Waals surface area contributed by atoms with Crippen molar-refractivity contribution in [2.45, 2.75) is 19.5 Å². The highest BCUT2D eigenvalue weighted by Gasteiger charge is 2.19. The molecule has 2 radical (unpaired) electrons. The first kappa shape index (κ1) is 20.9. The molecule has 30 heavy (non-hydrogen) atoms. The lowest BCUT2D eigenvalue weighted by atomic mass is 9.95. The van der Waals surface area contributed by atoms with Gasteiger partial charge in [-0.25, -0.2) is 18.7 Å². The number of rotatable bonds is 6. The molecule has 6 nitrogen and oxygen atoms in total. The quantitative estimate of drug-likeness (QED) is 0.618. The van der Waals surface area contributed by atoms with Crippen LogP contribution in [0.15, 0.2) is 48.7 Å². The molecule has 0 fully saturated rings. The van der Waals surface area contributed by atoms with Gasteiger partial charge in [0.1, 0.15) is 13.9 Å². The number of carbonyl (C=O) groups is 1. The average molecular weight is 403 g/mol. The van der Waals surface area contributed by atoms with Crippen LogP contribution in [0.3, 0.4) is 0 Å². The molecule has 148 valence electrons. The Morgan fingerprint density at radius 2 is 1.93 bits per heavy atom. The van der Waals surface area contributed by atoms with E-state index in [-0.39, 0.29) is 17.2 Å². The number of halogens is 2. The van der Waals surface area contributed by atoms with Crippen LogP contribution in [0, 0.1) is 23.0 Å². The number of benzene rings is 2. The van der Waals surface area contributed by atoms with Crippen molar-refractivity contribution in [2.24, 2.45) is 0 Å². The van der Waals surface area contributed by atoms with Crippen LogP contribution in [-0.2, 0) is 6.54 Å². The molecule has 1 heterocycles. The van der Waals surface area contributed by atoms with Gasteiger partial charge in [0.05, 0.1) is 12.2 Å². The monoisotopic (exact) mass is 403 g/mol. The van der Waals surface area contributed by atoms with E-state index in [0.29, 0.717) is 17.6 Å². The molecule has 2 aromatic carbocycles. The van der Waals surface area contributed by atoms with Crippen molar-refractivity contribution in [3.05, 3.63) is 82.8 Å². The van der Waals surface area contributed by atoms with E-state index in [2.05, 4.69) is 20.6 Å². The van der Waals surface area contributed by atoms with Crippen molar-refractivity contribution in [3.8, 4) is 6.07 Å². The summed E-state index contributed by atoms with van der Waals surface area (Å²) in [5, 5.41) is 14.8. The molecule has 1 atom stereocenters. The third kappa shape index (κ3) is 4.97. The zero-order valence-electron chi connectivity index (χ0n) is 16.0. The van der Waals surface area contributed by atoms with Gasteiger partial charge in [-0.2, -0.15) is 5.26 Å². The Kier molecular flexibility index (Phi) is 6.37. The predicted molar refractivity (Wildman–Crippen MR) is 108 cm³/mol. The van der Waals surface area contributed by atoms with Gasteiger partial charge in [-0.15, -0.1) is 0 Å². The van der Waals surface area contributed by atoms with Crippen LogP contribution in [0.2, 0.25) is 0 Å². The Bertz CT molecular complexity index is 1120. The molecule has 0 aliphatic rings. The maximum atomic E-state index is 13.5. The lowest BCUT2D eigenvalue weighted by Crippen LogP contribution is -2.29. The van der Waals surface area contributed by atoms with E-state index in [1.165, 1.54) is 12.3 Å². The van der Waals surface area contributed by atoms with Gasteiger partial charge in [0.25, 0.3) is 5.91 Å². The highest BCUT2D eigenvalue weighted by molar-refractivity contribution is 6.32. The number of aromatic nitrogens is 2. The van der Waals surface area contributed by atoms with Crippen molar-refractivity contribution in [2.75, 3.05) is 5.32 Å². The van der Waals surface area contributed by atoms with E-state index in [1.807, 2.05) is 18.2 Å². The van der Waals surface area contributed by atoms with E-state index in [0.717, 1.165) is 17.7 Å². The van der Waals surface area contributed by atoms with E-state index in [9.17, 15) is 13.6 Å². The van der Waals surface area contributed by atoms with Gasteiger partial charge >= 0.3 is 0 Å². The number of nitrogens with one attached hydrogen (secondary N) is 2. The number of anilines is 1. The summed E-state index contributed by atoms with van der Waals surface area (Å²) in [5.74, 6) is -2.41. The van der Waals surface area contributed by atoms with Crippen molar-refractivity contribution >= 4 is 25.0 Å². The summed E-state index contributed by atoms with van der Waals surface area (Å²) in [5.41, 5.74) is 1.79. The predicted octanol–water partition coefficient (Wildman–Crippen LogP) is 2.52. The van der Waals surface area contributed by atoms with E-state index < -0.39 is 23.6 Å². The second kappa shape index (κ2) is 9.14. The molecule has 3 rings (SSSR count). The first-order valence-electron chi connectivity index (χ1n) is 8.98. The van der Waals surface area contributed by atoms with Crippen molar-refractivity contribution in [3.63, 3.8) is 0 Å². The standard InChI is InChI=1S/C21H16BF2N5O/c1-12(14-4-7-17(23)18(24)8-14)28-21(30)19-20(27-11-16(9-25)29-19)26-10-13-2-5-15(22)6-3-13/h2-8,11-12H,10H2,1H3,(H,26,27)(H,28,30). The summed E-state index contributed by atoms with van der Waals surface area (Å²) in [4.78, 5) is 20.9. The van der Waals surface area contributed by atoms with Gasteiger partial charge in [0.15, 0.2) is 28.8 Å². The minimum atomic E-state index is -1.01. The van der Waals surface area contributed by atoms with Crippen molar-refractivity contribution in [1.82, 2.24) is 15.3 Å². The van der Waals surface area contributed by atoms with Crippen LogP contribution in [-0.4, -0.2) is 23.7 Å². The summed E-state index contributed by atoms with van der Waals surface area (Å²) in [7, 11) is 5.67. The van der Waals surface area contributed by atoms with Crippen LogP contribution in [0.4, 0.5) is 14.6 Å². The molecule has 3 aromatic rings. The summed E-state index contributed by atoms with van der Waals surface area (Å²) in [6.07, 6.45) is 1.25. The smallest absolute Gasteiger partial charge is 0.274 e. The van der Waals surface area contributed by atoms with Gasteiger partial charge in [-0.1, -0.05) is 35.8 Å². The molecule has 0 saturated heterocycles. The highest BCUT2D eigenvalue weighted by Crippen LogP contribution is 2.18. The molecular formula is C21H16BF2N5O. The van der Waals surface area contributed by atoms with Gasteiger partial charge < -0.3 is 10.6 Å².